The van der Waals surface area contributed by atoms with Crippen LogP contribution in [-0.2, 0) is 17.6 Å². The molecule has 1 aromatic carbocycles. The highest BCUT2D eigenvalue weighted by molar-refractivity contribution is 5.78. The summed E-state index contributed by atoms with van der Waals surface area (Å²) in [5.41, 5.74) is 2.41. The van der Waals surface area contributed by atoms with Gasteiger partial charge in [-0.2, -0.15) is 0 Å². The molecule has 1 unspecified atom stereocenters. The van der Waals surface area contributed by atoms with Gasteiger partial charge in [0.25, 0.3) is 0 Å². The van der Waals surface area contributed by atoms with E-state index < -0.39 is 0 Å². The molecule has 1 saturated heterocycles. The molecule has 3 nitrogen and oxygen atoms in total. The highest BCUT2D eigenvalue weighted by Crippen LogP contribution is 2.09. The zero-order valence-electron chi connectivity index (χ0n) is 11.7. The van der Waals surface area contributed by atoms with Crippen LogP contribution in [0.4, 0.5) is 0 Å². The molecule has 0 aromatic heterocycles. The second-order valence-electron chi connectivity index (χ2n) is 5.36. The lowest BCUT2D eigenvalue weighted by atomic mass is 9.99. The zero-order valence-corrected chi connectivity index (χ0v) is 11.7. The summed E-state index contributed by atoms with van der Waals surface area (Å²) in [5, 5.41) is 6.42. The van der Waals surface area contributed by atoms with E-state index in [2.05, 4.69) is 41.8 Å². The van der Waals surface area contributed by atoms with Crippen LogP contribution < -0.4 is 10.6 Å². The van der Waals surface area contributed by atoms with E-state index in [1.165, 1.54) is 18.4 Å². The van der Waals surface area contributed by atoms with Gasteiger partial charge >= 0.3 is 0 Å². The number of hydrogen-bond acceptors (Lipinski definition) is 2. The van der Waals surface area contributed by atoms with Gasteiger partial charge in [-0.3, -0.25) is 4.79 Å². The van der Waals surface area contributed by atoms with Gasteiger partial charge in [-0.05, 0) is 49.4 Å². The topological polar surface area (TPSA) is 41.1 Å². The van der Waals surface area contributed by atoms with Crippen molar-refractivity contribution in [3.8, 4) is 0 Å². The third-order valence-corrected chi connectivity index (χ3v) is 3.78. The summed E-state index contributed by atoms with van der Waals surface area (Å²) in [6.07, 6.45) is 3.97. The maximum atomic E-state index is 11.9. The van der Waals surface area contributed by atoms with Crippen molar-refractivity contribution in [1.82, 2.24) is 10.6 Å². The molecular formula is C16H24N2O. The van der Waals surface area contributed by atoms with Crippen LogP contribution in [0.5, 0.6) is 0 Å². The van der Waals surface area contributed by atoms with Crippen LogP contribution in [0.1, 0.15) is 30.9 Å². The standard InChI is InChI=1S/C16H24N2O/c1-2-13-5-7-14(8-6-13)10-16(19)18-12-15-4-3-9-17-11-15/h5-8,15,17H,2-4,9-12H2,1H3,(H,18,19). The number of hydrogen-bond donors (Lipinski definition) is 2. The molecule has 3 heteroatoms. The number of aryl methyl sites for hydroxylation is 1. The van der Waals surface area contributed by atoms with Crippen LogP contribution in [0.3, 0.4) is 0 Å². The smallest absolute Gasteiger partial charge is 0.224 e. The molecule has 0 spiro atoms. The molecule has 1 heterocycles. The van der Waals surface area contributed by atoms with Gasteiger partial charge in [0.2, 0.25) is 5.91 Å². The normalized spacial score (nSPS) is 19.1. The summed E-state index contributed by atoms with van der Waals surface area (Å²) in [4.78, 5) is 11.9. The van der Waals surface area contributed by atoms with Crippen molar-refractivity contribution >= 4 is 5.91 Å². The minimum absolute atomic E-state index is 0.134. The minimum atomic E-state index is 0.134. The van der Waals surface area contributed by atoms with Crippen LogP contribution in [0, 0.1) is 5.92 Å². The quantitative estimate of drug-likeness (QED) is 0.849. The summed E-state index contributed by atoms with van der Waals surface area (Å²) in [6, 6.07) is 8.32. The van der Waals surface area contributed by atoms with Crippen molar-refractivity contribution in [3.05, 3.63) is 35.4 Å². The molecule has 0 radical (unpaired) electrons. The van der Waals surface area contributed by atoms with Crippen molar-refractivity contribution < 1.29 is 4.79 Å². The molecule has 2 rings (SSSR count). The first-order valence-electron chi connectivity index (χ1n) is 7.33. The summed E-state index contributed by atoms with van der Waals surface area (Å²) in [5.74, 6) is 0.731. The van der Waals surface area contributed by atoms with Crippen LogP contribution >= 0.6 is 0 Å². The van der Waals surface area contributed by atoms with E-state index in [0.717, 1.165) is 31.6 Å². The Morgan fingerprint density at radius 2 is 2.05 bits per heavy atom. The number of rotatable bonds is 5. The Morgan fingerprint density at radius 3 is 2.68 bits per heavy atom. The molecule has 1 atom stereocenters. The second-order valence-corrected chi connectivity index (χ2v) is 5.36. The highest BCUT2D eigenvalue weighted by Gasteiger charge is 2.13. The van der Waals surface area contributed by atoms with E-state index in [9.17, 15) is 4.79 Å². The van der Waals surface area contributed by atoms with Gasteiger partial charge in [-0.1, -0.05) is 31.2 Å². The van der Waals surface area contributed by atoms with E-state index in [4.69, 9.17) is 0 Å². The van der Waals surface area contributed by atoms with Gasteiger partial charge in [0.15, 0.2) is 0 Å². The van der Waals surface area contributed by atoms with Crippen LogP contribution in [-0.4, -0.2) is 25.5 Å². The first kappa shape index (κ1) is 14.1. The fourth-order valence-corrected chi connectivity index (χ4v) is 2.50. The average Bonchev–Trinajstić information content (AvgIpc) is 2.47. The Hall–Kier alpha value is -1.35. The minimum Gasteiger partial charge on any atom is -0.355 e. The van der Waals surface area contributed by atoms with Crippen molar-refractivity contribution in [2.45, 2.75) is 32.6 Å². The van der Waals surface area contributed by atoms with Crippen LogP contribution in [0.25, 0.3) is 0 Å². The first-order chi connectivity index (χ1) is 9.28. The van der Waals surface area contributed by atoms with Crippen molar-refractivity contribution in [1.29, 1.82) is 0 Å². The Balaban J connectivity index is 1.73. The van der Waals surface area contributed by atoms with E-state index in [0.29, 0.717) is 12.3 Å². The zero-order chi connectivity index (χ0) is 13.5. The first-order valence-corrected chi connectivity index (χ1v) is 7.33. The molecule has 0 bridgehead atoms. The summed E-state index contributed by atoms with van der Waals surface area (Å²) in [6.45, 7) is 5.10. The van der Waals surface area contributed by atoms with Crippen molar-refractivity contribution in [2.75, 3.05) is 19.6 Å². The summed E-state index contributed by atoms with van der Waals surface area (Å²) < 4.78 is 0. The lowest BCUT2D eigenvalue weighted by molar-refractivity contribution is -0.120. The molecule has 19 heavy (non-hydrogen) atoms. The van der Waals surface area contributed by atoms with E-state index >= 15 is 0 Å². The van der Waals surface area contributed by atoms with Crippen molar-refractivity contribution in [3.63, 3.8) is 0 Å². The Labute approximate surface area is 115 Å². The third kappa shape index (κ3) is 4.67. The Kier molecular flexibility index (Phi) is 5.40. The third-order valence-electron chi connectivity index (χ3n) is 3.78. The molecule has 1 fully saturated rings. The van der Waals surface area contributed by atoms with Gasteiger partial charge in [0, 0.05) is 6.54 Å². The predicted octanol–water partition coefficient (Wildman–Crippen LogP) is 1.91. The molecule has 2 N–H and O–H groups in total. The summed E-state index contributed by atoms with van der Waals surface area (Å²) >= 11 is 0. The van der Waals surface area contributed by atoms with Gasteiger partial charge < -0.3 is 10.6 Å². The SMILES string of the molecule is CCc1ccc(CC(=O)NCC2CCCNC2)cc1. The average molecular weight is 260 g/mol. The molecule has 104 valence electrons. The molecule has 1 aliphatic rings. The fourth-order valence-electron chi connectivity index (χ4n) is 2.50. The van der Waals surface area contributed by atoms with E-state index in [1.807, 2.05) is 0 Å². The largest absolute Gasteiger partial charge is 0.355 e. The molecular weight excluding hydrogens is 236 g/mol. The highest BCUT2D eigenvalue weighted by atomic mass is 16.1. The number of carbonyl (C=O) groups is 1. The van der Waals surface area contributed by atoms with Gasteiger partial charge in [-0.25, -0.2) is 0 Å². The molecule has 0 aliphatic carbocycles. The number of piperidine rings is 1. The number of benzene rings is 1. The van der Waals surface area contributed by atoms with Crippen molar-refractivity contribution in [2.24, 2.45) is 5.92 Å². The van der Waals surface area contributed by atoms with E-state index in [-0.39, 0.29) is 5.91 Å². The Bertz CT molecular complexity index is 394. The maximum Gasteiger partial charge on any atom is 0.224 e. The predicted molar refractivity (Wildman–Crippen MR) is 78.1 cm³/mol. The monoisotopic (exact) mass is 260 g/mol. The van der Waals surface area contributed by atoms with Crippen LogP contribution in [0.15, 0.2) is 24.3 Å². The molecule has 1 amide bonds. The number of amides is 1. The van der Waals surface area contributed by atoms with Gasteiger partial charge in [0.1, 0.15) is 0 Å². The number of carbonyl (C=O) groups excluding carboxylic acids is 1. The van der Waals surface area contributed by atoms with Crippen LogP contribution in [0.2, 0.25) is 0 Å². The molecule has 0 saturated carbocycles. The second kappa shape index (κ2) is 7.29. The summed E-state index contributed by atoms with van der Waals surface area (Å²) in [7, 11) is 0. The lowest BCUT2D eigenvalue weighted by Crippen LogP contribution is -2.38. The number of nitrogens with one attached hydrogen (secondary N) is 2. The Morgan fingerprint density at radius 1 is 1.32 bits per heavy atom. The van der Waals surface area contributed by atoms with Gasteiger partial charge in [-0.15, -0.1) is 0 Å². The molecule has 1 aromatic rings. The lowest BCUT2D eigenvalue weighted by Gasteiger charge is -2.22. The van der Waals surface area contributed by atoms with Gasteiger partial charge in [0.05, 0.1) is 6.42 Å². The maximum absolute atomic E-state index is 11.9. The molecule has 1 aliphatic heterocycles. The fraction of sp³-hybridized carbons (Fsp3) is 0.562. The van der Waals surface area contributed by atoms with E-state index in [1.54, 1.807) is 0 Å².